The third kappa shape index (κ3) is 6.60. The molecule has 0 unspecified atom stereocenters. The quantitative estimate of drug-likeness (QED) is 0.597. The predicted octanol–water partition coefficient (Wildman–Crippen LogP) is 5.33. The van der Waals surface area contributed by atoms with Gasteiger partial charge >= 0.3 is 6.03 Å². The van der Waals surface area contributed by atoms with E-state index < -0.39 is 0 Å². The summed E-state index contributed by atoms with van der Waals surface area (Å²) < 4.78 is 0. The summed E-state index contributed by atoms with van der Waals surface area (Å²) in [7, 11) is 0. The molecule has 4 heteroatoms. The van der Waals surface area contributed by atoms with Gasteiger partial charge in [-0.3, -0.25) is 0 Å². The maximum Gasteiger partial charge on any atom is 0.319 e. The number of carbonyl (C=O) groups is 1. The molecule has 0 saturated carbocycles. The maximum atomic E-state index is 12.9. The molecule has 29 heavy (non-hydrogen) atoms. The minimum atomic E-state index is 0.318. The van der Waals surface area contributed by atoms with E-state index in [1.165, 1.54) is 71.0 Å². The number of amides is 2. The van der Waals surface area contributed by atoms with Gasteiger partial charge in [-0.05, 0) is 101 Å². The summed E-state index contributed by atoms with van der Waals surface area (Å²) in [6, 6.07) is 0.318. The summed E-state index contributed by atoms with van der Waals surface area (Å²) in [5.41, 5.74) is 0. The van der Waals surface area contributed by atoms with Gasteiger partial charge in [-0.25, -0.2) is 4.79 Å². The topological polar surface area (TPSA) is 26.8 Å². The molecular weight excluding hydrogens is 358 g/mol. The number of hydrogen-bond acceptors (Lipinski definition) is 2. The van der Waals surface area contributed by atoms with Gasteiger partial charge in [0.25, 0.3) is 0 Å². The minimum Gasteiger partial charge on any atom is -0.325 e. The molecule has 0 aliphatic carbocycles. The monoisotopic (exact) mass is 405 g/mol. The van der Waals surface area contributed by atoms with Crippen LogP contribution >= 0.6 is 0 Å². The van der Waals surface area contributed by atoms with E-state index in [2.05, 4.69) is 42.4 Å². The molecule has 0 bridgehead atoms. The van der Waals surface area contributed by atoms with Crippen LogP contribution in [0.5, 0.6) is 0 Å². The third-order valence-electron chi connectivity index (χ3n) is 8.30. The first kappa shape index (κ1) is 22.9. The number of carbonyl (C=O) groups excluding carboxylic acids is 1. The second-order valence-corrected chi connectivity index (χ2v) is 10.8. The highest BCUT2D eigenvalue weighted by atomic mass is 16.2. The average Bonchev–Trinajstić information content (AvgIpc) is 2.74. The molecule has 3 rings (SSSR count). The minimum absolute atomic E-state index is 0.318. The van der Waals surface area contributed by atoms with Crippen molar-refractivity contribution in [3.63, 3.8) is 0 Å². The predicted molar refractivity (Wildman–Crippen MR) is 122 cm³/mol. The molecule has 3 heterocycles. The van der Waals surface area contributed by atoms with Crippen LogP contribution in [0.1, 0.15) is 79.1 Å². The number of hydrogen-bond donors (Lipinski definition) is 0. The molecular formula is C25H47N3O. The number of nitrogens with zero attached hydrogens (tertiary/aromatic N) is 3. The van der Waals surface area contributed by atoms with E-state index in [9.17, 15) is 4.79 Å². The van der Waals surface area contributed by atoms with Crippen LogP contribution in [0.25, 0.3) is 0 Å². The highest BCUT2D eigenvalue weighted by Crippen LogP contribution is 2.28. The van der Waals surface area contributed by atoms with Gasteiger partial charge in [0.2, 0.25) is 0 Å². The molecule has 0 spiro atoms. The van der Waals surface area contributed by atoms with Crippen molar-refractivity contribution in [3.05, 3.63) is 0 Å². The molecule has 0 aromatic rings. The zero-order valence-corrected chi connectivity index (χ0v) is 19.7. The Morgan fingerprint density at radius 1 is 0.724 bits per heavy atom. The number of piperidine rings is 3. The fourth-order valence-corrected chi connectivity index (χ4v) is 5.82. The van der Waals surface area contributed by atoms with Gasteiger partial charge in [0.15, 0.2) is 0 Å². The SMILES string of the molecule is CC(C)C1CCN(CCCC2CCN(C(=O)N3CCC(C(C)C)CC3)CC2)CC1. The second-order valence-electron chi connectivity index (χ2n) is 10.8. The van der Waals surface area contributed by atoms with Gasteiger partial charge in [-0.1, -0.05) is 27.7 Å². The molecule has 0 radical (unpaired) electrons. The van der Waals surface area contributed by atoms with E-state index in [0.29, 0.717) is 6.03 Å². The van der Waals surface area contributed by atoms with Crippen LogP contribution in [0, 0.1) is 29.6 Å². The zero-order chi connectivity index (χ0) is 20.8. The summed E-state index contributed by atoms with van der Waals surface area (Å²) in [5, 5.41) is 0. The highest BCUT2D eigenvalue weighted by Gasteiger charge is 2.30. The Hall–Kier alpha value is -0.770. The molecule has 0 N–H and O–H groups in total. The Morgan fingerprint density at radius 2 is 1.17 bits per heavy atom. The van der Waals surface area contributed by atoms with E-state index in [0.717, 1.165) is 55.8 Å². The van der Waals surface area contributed by atoms with Crippen molar-refractivity contribution in [3.8, 4) is 0 Å². The largest absolute Gasteiger partial charge is 0.325 e. The summed E-state index contributed by atoms with van der Waals surface area (Å²) in [5.74, 6) is 4.19. The van der Waals surface area contributed by atoms with Crippen molar-refractivity contribution >= 4 is 6.03 Å². The smallest absolute Gasteiger partial charge is 0.319 e. The third-order valence-corrected chi connectivity index (χ3v) is 8.30. The van der Waals surface area contributed by atoms with Crippen LogP contribution < -0.4 is 0 Å². The molecule has 3 aliphatic heterocycles. The molecule has 3 aliphatic rings. The van der Waals surface area contributed by atoms with Crippen molar-refractivity contribution in [1.82, 2.24) is 14.7 Å². The molecule has 3 saturated heterocycles. The Morgan fingerprint density at radius 3 is 1.66 bits per heavy atom. The van der Waals surface area contributed by atoms with Crippen molar-refractivity contribution < 1.29 is 4.79 Å². The lowest BCUT2D eigenvalue weighted by atomic mass is 9.86. The first-order valence-electron chi connectivity index (χ1n) is 12.7. The van der Waals surface area contributed by atoms with Gasteiger partial charge in [0, 0.05) is 26.2 Å². The van der Waals surface area contributed by atoms with Crippen LogP contribution in [0.4, 0.5) is 4.79 Å². The Balaban J connectivity index is 1.28. The molecule has 0 aromatic heterocycles. The van der Waals surface area contributed by atoms with Crippen molar-refractivity contribution in [2.24, 2.45) is 29.6 Å². The summed E-state index contributed by atoms with van der Waals surface area (Å²) in [6.07, 6.45) is 10.3. The zero-order valence-electron chi connectivity index (χ0n) is 19.7. The first-order chi connectivity index (χ1) is 13.9. The average molecular weight is 406 g/mol. The van der Waals surface area contributed by atoms with Crippen LogP contribution in [-0.4, -0.2) is 66.5 Å². The van der Waals surface area contributed by atoms with Crippen molar-refractivity contribution in [2.75, 3.05) is 45.8 Å². The Bertz CT molecular complexity index is 482. The standard InChI is InChI=1S/C25H47N3O/c1-20(2)23-9-14-26(15-10-23)13-5-6-22-7-16-27(17-8-22)25(29)28-18-11-24(12-19-28)21(3)4/h20-24H,5-19H2,1-4H3. The maximum absolute atomic E-state index is 12.9. The molecule has 0 aromatic carbocycles. The normalized spacial score (nSPS) is 24.1. The van der Waals surface area contributed by atoms with E-state index in [4.69, 9.17) is 0 Å². The van der Waals surface area contributed by atoms with E-state index in [1.54, 1.807) is 0 Å². The molecule has 4 nitrogen and oxygen atoms in total. The highest BCUT2D eigenvalue weighted by molar-refractivity contribution is 5.74. The van der Waals surface area contributed by atoms with Gasteiger partial charge in [0.05, 0.1) is 0 Å². The summed E-state index contributed by atoms with van der Waals surface area (Å²) in [6.45, 7) is 17.2. The lowest BCUT2D eigenvalue weighted by Crippen LogP contribution is -2.49. The molecule has 168 valence electrons. The first-order valence-corrected chi connectivity index (χ1v) is 12.7. The van der Waals surface area contributed by atoms with Crippen LogP contribution in [0.15, 0.2) is 0 Å². The molecule has 2 amide bonds. The van der Waals surface area contributed by atoms with Crippen LogP contribution in [0.2, 0.25) is 0 Å². The Labute approximate surface area is 180 Å². The van der Waals surface area contributed by atoms with Crippen LogP contribution in [0.3, 0.4) is 0 Å². The number of urea groups is 1. The van der Waals surface area contributed by atoms with Gasteiger partial charge < -0.3 is 14.7 Å². The van der Waals surface area contributed by atoms with Gasteiger partial charge in [0.1, 0.15) is 0 Å². The summed E-state index contributed by atoms with van der Waals surface area (Å²) in [4.78, 5) is 19.8. The lowest BCUT2D eigenvalue weighted by molar-refractivity contribution is 0.107. The van der Waals surface area contributed by atoms with Crippen molar-refractivity contribution in [2.45, 2.75) is 79.1 Å². The summed E-state index contributed by atoms with van der Waals surface area (Å²) >= 11 is 0. The van der Waals surface area contributed by atoms with Gasteiger partial charge in [-0.2, -0.15) is 0 Å². The van der Waals surface area contributed by atoms with E-state index >= 15 is 0 Å². The number of likely N-dealkylation sites (tertiary alicyclic amines) is 3. The molecule has 0 atom stereocenters. The second kappa shape index (κ2) is 11.0. The molecule has 3 fully saturated rings. The van der Waals surface area contributed by atoms with Crippen molar-refractivity contribution in [1.29, 1.82) is 0 Å². The fourth-order valence-electron chi connectivity index (χ4n) is 5.82. The Kier molecular flexibility index (Phi) is 8.70. The lowest BCUT2D eigenvalue weighted by Gasteiger charge is -2.39. The van der Waals surface area contributed by atoms with Crippen LogP contribution in [-0.2, 0) is 0 Å². The number of rotatable bonds is 6. The fraction of sp³-hybridized carbons (Fsp3) is 0.960. The van der Waals surface area contributed by atoms with Gasteiger partial charge in [-0.15, -0.1) is 0 Å². The van der Waals surface area contributed by atoms with E-state index in [1.807, 2.05) is 0 Å². The van der Waals surface area contributed by atoms with E-state index in [-0.39, 0.29) is 0 Å².